The Morgan fingerprint density at radius 1 is 1.47 bits per heavy atom. The van der Waals surface area contributed by atoms with E-state index in [0.29, 0.717) is 11.6 Å². The van der Waals surface area contributed by atoms with E-state index in [-0.39, 0.29) is 0 Å². The number of halogens is 1. The Morgan fingerprint density at radius 3 is 3.00 bits per heavy atom. The molecule has 0 fully saturated rings. The maximum Gasteiger partial charge on any atom is 0.157 e. The van der Waals surface area contributed by atoms with Crippen LogP contribution in [0.25, 0.3) is 0 Å². The van der Waals surface area contributed by atoms with Crippen molar-refractivity contribution in [1.82, 2.24) is 14.8 Å². The fourth-order valence-electron chi connectivity index (χ4n) is 1.16. The molecule has 0 unspecified atom stereocenters. The Morgan fingerprint density at radius 2 is 2.33 bits per heavy atom. The van der Waals surface area contributed by atoms with Gasteiger partial charge in [-0.05, 0) is 6.07 Å². The summed E-state index contributed by atoms with van der Waals surface area (Å²) in [5.41, 5.74) is 0.913. The minimum Gasteiger partial charge on any atom is -0.486 e. The second-order valence-corrected chi connectivity index (χ2v) is 3.51. The van der Waals surface area contributed by atoms with Gasteiger partial charge in [0.05, 0.1) is 17.4 Å². The molecular formula is C10H10ClN3O. The quantitative estimate of drug-likeness (QED) is 0.800. The molecule has 0 aliphatic rings. The van der Waals surface area contributed by atoms with Crippen LogP contribution in [0.4, 0.5) is 0 Å². The van der Waals surface area contributed by atoms with Crippen molar-refractivity contribution in [1.29, 1.82) is 0 Å². The highest BCUT2D eigenvalue weighted by molar-refractivity contribution is 6.31. The van der Waals surface area contributed by atoms with Gasteiger partial charge in [-0.2, -0.15) is 5.10 Å². The lowest BCUT2D eigenvalue weighted by molar-refractivity contribution is 0.306. The number of pyridine rings is 1. The molecule has 78 valence electrons. The summed E-state index contributed by atoms with van der Waals surface area (Å²) in [5, 5.41) is 4.61. The van der Waals surface area contributed by atoms with Crippen LogP contribution in [0.5, 0.6) is 5.75 Å². The van der Waals surface area contributed by atoms with E-state index in [1.54, 1.807) is 29.5 Å². The van der Waals surface area contributed by atoms with Gasteiger partial charge in [-0.1, -0.05) is 11.6 Å². The van der Waals surface area contributed by atoms with Gasteiger partial charge in [0.1, 0.15) is 6.61 Å². The third-order valence-corrected chi connectivity index (χ3v) is 2.27. The standard InChI is InChI=1S/C10H10ClN3O/c1-14-6-9(4-13-14)15-7-8-2-3-12-5-10(8)11/h2-6H,7H2,1H3. The van der Waals surface area contributed by atoms with E-state index in [9.17, 15) is 0 Å². The fourth-order valence-corrected chi connectivity index (χ4v) is 1.33. The average Bonchev–Trinajstić information content (AvgIpc) is 2.63. The average molecular weight is 224 g/mol. The Hall–Kier alpha value is -1.55. The smallest absolute Gasteiger partial charge is 0.157 e. The molecule has 15 heavy (non-hydrogen) atoms. The summed E-state index contributed by atoms with van der Waals surface area (Å²) in [5.74, 6) is 0.727. The van der Waals surface area contributed by atoms with Crippen LogP contribution in [0.15, 0.2) is 30.9 Å². The highest BCUT2D eigenvalue weighted by Gasteiger charge is 2.01. The number of ether oxygens (including phenoxy) is 1. The van der Waals surface area contributed by atoms with Crippen molar-refractivity contribution in [2.75, 3.05) is 0 Å². The van der Waals surface area contributed by atoms with E-state index < -0.39 is 0 Å². The molecule has 0 aromatic carbocycles. The van der Waals surface area contributed by atoms with Crippen molar-refractivity contribution < 1.29 is 4.74 Å². The molecule has 2 aromatic rings. The summed E-state index contributed by atoms with van der Waals surface area (Å²) in [6, 6.07) is 1.83. The first kappa shape index (κ1) is 9.98. The van der Waals surface area contributed by atoms with E-state index >= 15 is 0 Å². The molecule has 0 aliphatic heterocycles. The molecule has 0 N–H and O–H groups in total. The Labute approximate surface area is 92.5 Å². The second kappa shape index (κ2) is 4.31. The van der Waals surface area contributed by atoms with Gasteiger partial charge in [-0.25, -0.2) is 0 Å². The molecule has 0 aliphatic carbocycles. The lowest BCUT2D eigenvalue weighted by atomic mass is 10.3. The maximum absolute atomic E-state index is 5.93. The van der Waals surface area contributed by atoms with E-state index in [1.165, 1.54) is 0 Å². The third-order valence-electron chi connectivity index (χ3n) is 1.93. The Bertz CT molecular complexity index is 455. The highest BCUT2D eigenvalue weighted by atomic mass is 35.5. The lowest BCUT2D eigenvalue weighted by Crippen LogP contribution is -1.95. The maximum atomic E-state index is 5.93. The van der Waals surface area contributed by atoms with Gasteiger partial charge >= 0.3 is 0 Å². The Kier molecular flexibility index (Phi) is 2.87. The van der Waals surface area contributed by atoms with Crippen molar-refractivity contribution in [3.8, 4) is 5.75 Å². The van der Waals surface area contributed by atoms with Gasteiger partial charge in [0, 0.05) is 25.0 Å². The zero-order valence-corrected chi connectivity index (χ0v) is 8.98. The molecule has 0 bridgehead atoms. The number of rotatable bonds is 3. The molecule has 5 heteroatoms. The van der Waals surface area contributed by atoms with Crippen LogP contribution in [0.1, 0.15) is 5.56 Å². The van der Waals surface area contributed by atoms with Crippen LogP contribution in [0.3, 0.4) is 0 Å². The van der Waals surface area contributed by atoms with Crippen LogP contribution in [-0.2, 0) is 13.7 Å². The summed E-state index contributed by atoms with van der Waals surface area (Å²) in [6.45, 7) is 0.424. The molecule has 0 saturated heterocycles. The van der Waals surface area contributed by atoms with Crippen molar-refractivity contribution in [3.63, 3.8) is 0 Å². The molecule has 2 rings (SSSR count). The molecule has 2 aromatic heterocycles. The molecule has 0 atom stereocenters. The van der Waals surface area contributed by atoms with E-state index in [0.717, 1.165) is 11.3 Å². The predicted octanol–water partition coefficient (Wildman–Crippen LogP) is 2.05. The summed E-state index contributed by atoms with van der Waals surface area (Å²) >= 11 is 5.93. The van der Waals surface area contributed by atoms with E-state index in [1.807, 2.05) is 13.1 Å². The SMILES string of the molecule is Cn1cc(OCc2ccncc2Cl)cn1. The van der Waals surface area contributed by atoms with Gasteiger partial charge in [0.2, 0.25) is 0 Å². The topological polar surface area (TPSA) is 39.9 Å². The minimum atomic E-state index is 0.424. The number of hydrogen-bond acceptors (Lipinski definition) is 3. The van der Waals surface area contributed by atoms with Crippen molar-refractivity contribution in [2.45, 2.75) is 6.61 Å². The summed E-state index contributed by atoms with van der Waals surface area (Å²) < 4.78 is 7.18. The van der Waals surface area contributed by atoms with Crippen molar-refractivity contribution in [3.05, 3.63) is 41.4 Å². The lowest BCUT2D eigenvalue weighted by Gasteiger charge is -2.04. The molecule has 4 nitrogen and oxygen atoms in total. The minimum absolute atomic E-state index is 0.424. The first-order chi connectivity index (χ1) is 7.25. The monoisotopic (exact) mass is 223 g/mol. The first-order valence-corrected chi connectivity index (χ1v) is 4.83. The first-order valence-electron chi connectivity index (χ1n) is 4.45. The molecule has 0 spiro atoms. The normalized spacial score (nSPS) is 10.3. The van der Waals surface area contributed by atoms with Crippen LogP contribution in [-0.4, -0.2) is 14.8 Å². The molecule has 0 amide bonds. The Balaban J connectivity index is 2.02. The van der Waals surface area contributed by atoms with Crippen LogP contribution >= 0.6 is 11.6 Å². The summed E-state index contributed by atoms with van der Waals surface area (Å²) in [6.07, 6.45) is 6.75. The zero-order valence-electron chi connectivity index (χ0n) is 8.22. The number of nitrogens with zero attached hydrogens (tertiary/aromatic N) is 3. The molecule has 0 saturated carbocycles. The molecular weight excluding hydrogens is 214 g/mol. The van der Waals surface area contributed by atoms with Crippen LogP contribution in [0, 0.1) is 0 Å². The summed E-state index contributed by atoms with van der Waals surface area (Å²) in [4.78, 5) is 3.90. The second-order valence-electron chi connectivity index (χ2n) is 3.11. The number of aryl methyl sites for hydroxylation is 1. The van der Waals surface area contributed by atoms with Crippen LogP contribution in [0.2, 0.25) is 5.02 Å². The van der Waals surface area contributed by atoms with E-state index in [4.69, 9.17) is 16.3 Å². The summed E-state index contributed by atoms with van der Waals surface area (Å²) in [7, 11) is 1.84. The molecule has 0 radical (unpaired) electrons. The number of aromatic nitrogens is 3. The molecule has 2 heterocycles. The van der Waals surface area contributed by atoms with Gasteiger partial charge < -0.3 is 4.74 Å². The van der Waals surface area contributed by atoms with Crippen molar-refractivity contribution >= 4 is 11.6 Å². The van der Waals surface area contributed by atoms with Gasteiger partial charge in [0.25, 0.3) is 0 Å². The fraction of sp³-hybridized carbons (Fsp3) is 0.200. The predicted molar refractivity (Wildman–Crippen MR) is 56.8 cm³/mol. The highest BCUT2D eigenvalue weighted by Crippen LogP contribution is 2.16. The van der Waals surface area contributed by atoms with Gasteiger partial charge in [-0.3, -0.25) is 9.67 Å². The van der Waals surface area contributed by atoms with Gasteiger partial charge in [-0.15, -0.1) is 0 Å². The number of hydrogen-bond donors (Lipinski definition) is 0. The van der Waals surface area contributed by atoms with Gasteiger partial charge in [0.15, 0.2) is 5.75 Å². The van der Waals surface area contributed by atoms with E-state index in [2.05, 4.69) is 10.1 Å². The largest absolute Gasteiger partial charge is 0.486 e. The third kappa shape index (κ3) is 2.47. The van der Waals surface area contributed by atoms with Crippen LogP contribution < -0.4 is 4.74 Å². The van der Waals surface area contributed by atoms with Crippen molar-refractivity contribution in [2.24, 2.45) is 7.05 Å². The zero-order chi connectivity index (χ0) is 10.7.